The highest BCUT2D eigenvalue weighted by Crippen LogP contribution is 2.07. The van der Waals surface area contributed by atoms with Crippen LogP contribution in [0.2, 0.25) is 0 Å². The third kappa shape index (κ3) is 2.62. The van der Waals surface area contributed by atoms with Crippen LogP contribution in [0, 0.1) is 5.92 Å². The predicted molar refractivity (Wildman–Crippen MR) is 52.6 cm³/mol. The van der Waals surface area contributed by atoms with Crippen molar-refractivity contribution in [3.05, 3.63) is 34.5 Å². The van der Waals surface area contributed by atoms with Crippen LogP contribution in [0.5, 0.6) is 0 Å². The molecule has 0 radical (unpaired) electrons. The summed E-state index contributed by atoms with van der Waals surface area (Å²) in [5.41, 5.74) is 0.789. The molecule has 0 N–H and O–H groups in total. The summed E-state index contributed by atoms with van der Waals surface area (Å²) in [6, 6.07) is 1.84. The van der Waals surface area contributed by atoms with E-state index in [0.29, 0.717) is 5.92 Å². The molecule has 0 spiro atoms. The Labute approximate surface area is 76.7 Å². The summed E-state index contributed by atoms with van der Waals surface area (Å²) < 4.78 is 0. The standard InChI is InChI=1S/C10H12OS/c1-8(2)3-4-10(11)9-5-6-12-7-9/h3-8H,1-2H3. The lowest BCUT2D eigenvalue weighted by Gasteiger charge is -1.92. The Bertz CT molecular complexity index is 270. The van der Waals surface area contributed by atoms with Gasteiger partial charge in [-0.15, -0.1) is 0 Å². The lowest BCUT2D eigenvalue weighted by atomic mass is 10.1. The van der Waals surface area contributed by atoms with Crippen molar-refractivity contribution >= 4 is 17.1 Å². The molecule has 1 heterocycles. The Hall–Kier alpha value is -0.890. The molecule has 0 bridgehead atoms. The van der Waals surface area contributed by atoms with Crippen LogP contribution in [0.3, 0.4) is 0 Å². The third-order valence-corrected chi connectivity index (χ3v) is 2.12. The van der Waals surface area contributed by atoms with Gasteiger partial charge in [-0.05, 0) is 23.4 Å². The second-order valence-electron chi connectivity index (χ2n) is 2.98. The Morgan fingerprint density at radius 2 is 2.33 bits per heavy atom. The molecule has 12 heavy (non-hydrogen) atoms. The Morgan fingerprint density at radius 1 is 1.58 bits per heavy atom. The molecule has 0 fully saturated rings. The first kappa shape index (κ1) is 9.20. The molecule has 0 aromatic carbocycles. The topological polar surface area (TPSA) is 17.1 Å². The van der Waals surface area contributed by atoms with Gasteiger partial charge in [-0.25, -0.2) is 0 Å². The van der Waals surface area contributed by atoms with E-state index in [9.17, 15) is 4.79 Å². The van der Waals surface area contributed by atoms with Gasteiger partial charge in [-0.1, -0.05) is 19.9 Å². The Kier molecular flexibility index (Phi) is 3.23. The Morgan fingerprint density at radius 3 is 2.83 bits per heavy atom. The van der Waals surface area contributed by atoms with E-state index in [-0.39, 0.29) is 5.78 Å². The van der Waals surface area contributed by atoms with Crippen molar-refractivity contribution in [2.45, 2.75) is 13.8 Å². The monoisotopic (exact) mass is 180 g/mol. The van der Waals surface area contributed by atoms with E-state index >= 15 is 0 Å². The molecule has 1 nitrogen and oxygen atoms in total. The minimum absolute atomic E-state index is 0.102. The summed E-state index contributed by atoms with van der Waals surface area (Å²) in [5.74, 6) is 0.539. The highest BCUT2D eigenvalue weighted by molar-refractivity contribution is 7.08. The highest BCUT2D eigenvalue weighted by atomic mass is 32.1. The predicted octanol–water partition coefficient (Wildman–Crippen LogP) is 3.14. The van der Waals surface area contributed by atoms with Crippen molar-refractivity contribution in [1.82, 2.24) is 0 Å². The van der Waals surface area contributed by atoms with Crippen LogP contribution in [0.1, 0.15) is 24.2 Å². The van der Waals surface area contributed by atoms with E-state index in [1.807, 2.05) is 22.9 Å². The van der Waals surface area contributed by atoms with Gasteiger partial charge in [0, 0.05) is 10.9 Å². The first-order chi connectivity index (χ1) is 5.70. The summed E-state index contributed by atoms with van der Waals surface area (Å²) in [6.45, 7) is 4.11. The molecule has 0 amide bonds. The van der Waals surface area contributed by atoms with Gasteiger partial charge >= 0.3 is 0 Å². The van der Waals surface area contributed by atoms with Gasteiger partial charge in [-0.2, -0.15) is 11.3 Å². The fourth-order valence-corrected chi connectivity index (χ4v) is 1.43. The quantitative estimate of drug-likeness (QED) is 0.516. The van der Waals surface area contributed by atoms with Crippen molar-refractivity contribution < 1.29 is 4.79 Å². The molecule has 0 aliphatic heterocycles. The molecule has 1 rings (SSSR count). The number of allylic oxidation sites excluding steroid dienone is 2. The number of thiophene rings is 1. The zero-order chi connectivity index (χ0) is 8.97. The largest absolute Gasteiger partial charge is 0.289 e. The van der Waals surface area contributed by atoms with E-state index < -0.39 is 0 Å². The lowest BCUT2D eigenvalue weighted by Crippen LogP contribution is -1.91. The zero-order valence-electron chi connectivity index (χ0n) is 7.28. The van der Waals surface area contributed by atoms with Crippen LogP contribution < -0.4 is 0 Å². The number of hydrogen-bond donors (Lipinski definition) is 0. The molecule has 0 unspecified atom stereocenters. The van der Waals surface area contributed by atoms with E-state index in [0.717, 1.165) is 5.56 Å². The van der Waals surface area contributed by atoms with Gasteiger partial charge in [0.2, 0.25) is 0 Å². The third-order valence-electron chi connectivity index (χ3n) is 1.44. The second-order valence-corrected chi connectivity index (χ2v) is 3.76. The van der Waals surface area contributed by atoms with Crippen LogP contribution in [0.15, 0.2) is 29.0 Å². The molecule has 64 valence electrons. The molecule has 0 saturated heterocycles. The van der Waals surface area contributed by atoms with Crippen LogP contribution in [0.4, 0.5) is 0 Å². The maximum Gasteiger partial charge on any atom is 0.186 e. The van der Waals surface area contributed by atoms with Crippen LogP contribution in [-0.4, -0.2) is 5.78 Å². The number of carbonyl (C=O) groups excluding carboxylic acids is 1. The average molecular weight is 180 g/mol. The van der Waals surface area contributed by atoms with E-state index in [1.165, 1.54) is 0 Å². The molecule has 2 heteroatoms. The second kappa shape index (κ2) is 4.21. The summed E-state index contributed by atoms with van der Waals surface area (Å²) >= 11 is 1.55. The zero-order valence-corrected chi connectivity index (χ0v) is 8.10. The van der Waals surface area contributed by atoms with Crippen LogP contribution in [0.25, 0.3) is 0 Å². The van der Waals surface area contributed by atoms with Gasteiger partial charge in [0.05, 0.1) is 0 Å². The highest BCUT2D eigenvalue weighted by Gasteiger charge is 2.00. The van der Waals surface area contributed by atoms with Crippen molar-refractivity contribution in [2.24, 2.45) is 5.92 Å². The first-order valence-electron chi connectivity index (χ1n) is 3.95. The molecule has 1 aromatic heterocycles. The van der Waals surface area contributed by atoms with E-state index in [1.54, 1.807) is 17.4 Å². The van der Waals surface area contributed by atoms with Gasteiger partial charge in [0.1, 0.15) is 0 Å². The smallest absolute Gasteiger partial charge is 0.186 e. The van der Waals surface area contributed by atoms with E-state index in [4.69, 9.17) is 0 Å². The minimum atomic E-state index is 0.102. The minimum Gasteiger partial charge on any atom is -0.289 e. The molecular formula is C10H12OS. The first-order valence-corrected chi connectivity index (χ1v) is 4.89. The SMILES string of the molecule is CC(C)C=CC(=O)c1ccsc1. The van der Waals surface area contributed by atoms with Gasteiger partial charge in [0.25, 0.3) is 0 Å². The molecule has 1 aromatic rings. The summed E-state index contributed by atoms with van der Waals surface area (Å²) in [6.07, 6.45) is 3.56. The fourth-order valence-electron chi connectivity index (χ4n) is 0.781. The fraction of sp³-hybridized carbons (Fsp3) is 0.300. The maximum atomic E-state index is 11.3. The van der Waals surface area contributed by atoms with Gasteiger partial charge < -0.3 is 0 Å². The number of rotatable bonds is 3. The van der Waals surface area contributed by atoms with Crippen molar-refractivity contribution in [3.8, 4) is 0 Å². The van der Waals surface area contributed by atoms with Crippen molar-refractivity contribution in [2.75, 3.05) is 0 Å². The number of carbonyl (C=O) groups is 1. The van der Waals surface area contributed by atoms with Crippen LogP contribution >= 0.6 is 11.3 Å². The summed E-state index contributed by atoms with van der Waals surface area (Å²) in [7, 11) is 0. The summed E-state index contributed by atoms with van der Waals surface area (Å²) in [5, 5.41) is 3.78. The van der Waals surface area contributed by atoms with Crippen LogP contribution in [-0.2, 0) is 0 Å². The van der Waals surface area contributed by atoms with Crippen molar-refractivity contribution in [3.63, 3.8) is 0 Å². The summed E-state index contributed by atoms with van der Waals surface area (Å²) in [4.78, 5) is 11.3. The average Bonchev–Trinajstić information content (AvgIpc) is 2.51. The molecule has 0 saturated carbocycles. The van der Waals surface area contributed by atoms with Crippen molar-refractivity contribution in [1.29, 1.82) is 0 Å². The lowest BCUT2D eigenvalue weighted by molar-refractivity contribution is 0.104. The Balaban J connectivity index is 2.62. The molecule has 0 aliphatic carbocycles. The van der Waals surface area contributed by atoms with Gasteiger partial charge in [-0.3, -0.25) is 4.79 Å². The molecular weight excluding hydrogens is 168 g/mol. The molecule has 0 aliphatic rings. The maximum absolute atomic E-state index is 11.3. The normalized spacial score (nSPS) is 11.2. The number of hydrogen-bond acceptors (Lipinski definition) is 2. The van der Waals surface area contributed by atoms with Gasteiger partial charge in [0.15, 0.2) is 5.78 Å². The number of ketones is 1. The van der Waals surface area contributed by atoms with E-state index in [2.05, 4.69) is 13.8 Å². The molecule has 0 atom stereocenters.